The van der Waals surface area contributed by atoms with Gasteiger partial charge in [0.2, 0.25) is 0 Å². The Labute approximate surface area is 128 Å². The van der Waals surface area contributed by atoms with Gasteiger partial charge in [-0.05, 0) is 23.9 Å². The van der Waals surface area contributed by atoms with Gasteiger partial charge in [0.25, 0.3) is 5.91 Å². The first-order chi connectivity index (χ1) is 9.99. The fourth-order valence-electron chi connectivity index (χ4n) is 1.75. The van der Waals surface area contributed by atoms with Crippen LogP contribution < -0.4 is 0 Å². The van der Waals surface area contributed by atoms with E-state index in [1.165, 1.54) is 16.2 Å². The topological polar surface area (TPSA) is 46.6 Å². The quantitative estimate of drug-likeness (QED) is 0.816. The molecular weight excluding hydrogens is 286 g/mol. The largest absolute Gasteiger partial charge is 0.451 e. The number of aryl methyl sites for hydroxylation is 1. The van der Waals surface area contributed by atoms with Crippen LogP contribution in [0.2, 0.25) is 0 Å². The first-order valence-electron chi connectivity index (χ1n) is 6.51. The minimum Gasteiger partial charge on any atom is -0.451 e. The highest BCUT2D eigenvalue weighted by molar-refractivity contribution is 7.12. The van der Waals surface area contributed by atoms with E-state index in [-0.39, 0.29) is 12.5 Å². The number of ether oxygens (including phenoxy) is 1. The van der Waals surface area contributed by atoms with Crippen LogP contribution in [0.1, 0.15) is 15.2 Å². The molecule has 0 saturated carbocycles. The van der Waals surface area contributed by atoms with Gasteiger partial charge in [0, 0.05) is 19.7 Å². The Morgan fingerprint density at radius 3 is 2.43 bits per heavy atom. The maximum absolute atomic E-state index is 12.1. The molecular formula is C16H17NO3S. The summed E-state index contributed by atoms with van der Waals surface area (Å²) in [6, 6.07) is 9.83. The van der Waals surface area contributed by atoms with Crippen molar-refractivity contribution in [2.45, 2.75) is 6.92 Å². The average Bonchev–Trinajstić information content (AvgIpc) is 2.94. The first-order valence-corrected chi connectivity index (χ1v) is 7.39. The van der Waals surface area contributed by atoms with E-state index in [4.69, 9.17) is 4.74 Å². The third-order valence-electron chi connectivity index (χ3n) is 3.04. The summed E-state index contributed by atoms with van der Waals surface area (Å²) in [7, 11) is 3.25. The van der Waals surface area contributed by atoms with Crippen molar-refractivity contribution in [3.63, 3.8) is 0 Å². The van der Waals surface area contributed by atoms with Crippen molar-refractivity contribution >= 4 is 23.2 Å². The van der Waals surface area contributed by atoms with Crippen molar-refractivity contribution in [2.75, 3.05) is 20.7 Å². The number of carbonyl (C=O) groups is 2. The number of nitrogens with zero attached hydrogens (tertiary/aromatic N) is 1. The van der Waals surface area contributed by atoms with E-state index in [2.05, 4.69) is 0 Å². The molecule has 0 fully saturated rings. The van der Waals surface area contributed by atoms with Gasteiger partial charge in [-0.25, -0.2) is 4.79 Å². The molecule has 0 unspecified atom stereocenters. The predicted molar refractivity (Wildman–Crippen MR) is 83.5 cm³/mol. The minimum absolute atomic E-state index is 0.239. The Kier molecular flexibility index (Phi) is 4.75. The summed E-state index contributed by atoms with van der Waals surface area (Å²) in [6.45, 7) is 1.77. The molecule has 1 amide bonds. The van der Waals surface area contributed by atoms with Crippen molar-refractivity contribution in [3.8, 4) is 11.1 Å². The zero-order chi connectivity index (χ0) is 15.4. The van der Waals surface area contributed by atoms with Gasteiger partial charge in [-0.15, -0.1) is 11.3 Å². The standard InChI is InChI=1S/C16H17NO3S/c1-11-4-6-12(7-5-11)13-8-9-21-15(13)16(19)20-10-14(18)17(2)3/h4-9H,10H2,1-3H3. The van der Waals surface area contributed by atoms with Gasteiger partial charge in [-0.2, -0.15) is 0 Å². The Bertz CT molecular complexity index is 644. The van der Waals surface area contributed by atoms with E-state index in [0.717, 1.165) is 16.7 Å². The fraction of sp³-hybridized carbons (Fsp3) is 0.250. The molecule has 0 radical (unpaired) electrons. The second-order valence-corrected chi connectivity index (χ2v) is 5.81. The van der Waals surface area contributed by atoms with Gasteiger partial charge in [0.15, 0.2) is 6.61 Å². The second kappa shape index (κ2) is 6.54. The average molecular weight is 303 g/mol. The van der Waals surface area contributed by atoms with Crippen LogP contribution in [-0.4, -0.2) is 37.5 Å². The molecule has 0 saturated heterocycles. The molecule has 0 spiro atoms. The van der Waals surface area contributed by atoms with Crippen LogP contribution in [0.4, 0.5) is 0 Å². The third kappa shape index (κ3) is 3.70. The number of benzene rings is 1. The van der Waals surface area contributed by atoms with E-state index in [1.807, 2.05) is 42.6 Å². The van der Waals surface area contributed by atoms with E-state index < -0.39 is 5.97 Å². The molecule has 4 nitrogen and oxygen atoms in total. The van der Waals surface area contributed by atoms with Gasteiger partial charge in [0.05, 0.1) is 0 Å². The van der Waals surface area contributed by atoms with Crippen LogP contribution in [0.5, 0.6) is 0 Å². The number of thiophene rings is 1. The normalized spacial score (nSPS) is 10.2. The molecule has 0 aliphatic rings. The molecule has 0 aliphatic heterocycles. The molecule has 2 rings (SSSR count). The number of rotatable bonds is 4. The molecule has 110 valence electrons. The van der Waals surface area contributed by atoms with Crippen molar-refractivity contribution in [1.82, 2.24) is 4.90 Å². The highest BCUT2D eigenvalue weighted by Crippen LogP contribution is 2.29. The number of amides is 1. The summed E-state index contributed by atoms with van der Waals surface area (Å²) < 4.78 is 5.08. The molecule has 1 heterocycles. The number of esters is 1. The van der Waals surface area contributed by atoms with Gasteiger partial charge in [-0.1, -0.05) is 29.8 Å². The summed E-state index contributed by atoms with van der Waals surface area (Å²) in [4.78, 5) is 25.5. The lowest BCUT2D eigenvalue weighted by Gasteiger charge is -2.10. The molecule has 5 heteroatoms. The van der Waals surface area contributed by atoms with Crippen molar-refractivity contribution < 1.29 is 14.3 Å². The molecule has 2 aromatic rings. The van der Waals surface area contributed by atoms with E-state index >= 15 is 0 Å². The smallest absolute Gasteiger partial charge is 0.349 e. The first kappa shape index (κ1) is 15.3. The van der Waals surface area contributed by atoms with Gasteiger partial charge < -0.3 is 9.64 Å². The molecule has 1 aromatic heterocycles. The molecule has 21 heavy (non-hydrogen) atoms. The summed E-state index contributed by atoms with van der Waals surface area (Å²) in [5, 5.41) is 1.85. The number of hydrogen-bond donors (Lipinski definition) is 0. The van der Waals surface area contributed by atoms with E-state index in [0.29, 0.717) is 4.88 Å². The maximum atomic E-state index is 12.1. The van der Waals surface area contributed by atoms with Crippen LogP contribution >= 0.6 is 11.3 Å². The molecule has 0 N–H and O–H groups in total. The minimum atomic E-state index is -0.462. The number of hydrogen-bond acceptors (Lipinski definition) is 4. The molecule has 0 atom stereocenters. The van der Waals surface area contributed by atoms with Crippen LogP contribution in [0.3, 0.4) is 0 Å². The Morgan fingerprint density at radius 1 is 1.14 bits per heavy atom. The third-order valence-corrected chi connectivity index (χ3v) is 3.93. The maximum Gasteiger partial charge on any atom is 0.349 e. The second-order valence-electron chi connectivity index (χ2n) is 4.89. The monoisotopic (exact) mass is 303 g/mol. The summed E-state index contributed by atoms with van der Waals surface area (Å²) in [5.74, 6) is -0.701. The van der Waals surface area contributed by atoms with Gasteiger partial charge in [0.1, 0.15) is 4.88 Å². The van der Waals surface area contributed by atoms with Crippen LogP contribution in [0, 0.1) is 6.92 Å². The predicted octanol–water partition coefficient (Wildman–Crippen LogP) is 2.97. The summed E-state index contributed by atoms with van der Waals surface area (Å²) >= 11 is 1.32. The fourth-order valence-corrected chi connectivity index (χ4v) is 2.56. The zero-order valence-electron chi connectivity index (χ0n) is 12.3. The SMILES string of the molecule is Cc1ccc(-c2ccsc2C(=O)OCC(=O)N(C)C)cc1. The lowest BCUT2D eigenvalue weighted by molar-refractivity contribution is -0.131. The summed E-state index contributed by atoms with van der Waals surface area (Å²) in [6.07, 6.45) is 0. The van der Waals surface area contributed by atoms with Gasteiger partial charge in [-0.3, -0.25) is 4.79 Å². The highest BCUT2D eigenvalue weighted by Gasteiger charge is 2.17. The number of likely N-dealkylation sites (N-methyl/N-ethyl adjacent to an activating group) is 1. The summed E-state index contributed by atoms with van der Waals surface area (Å²) in [5.41, 5.74) is 2.96. The van der Waals surface area contributed by atoms with Gasteiger partial charge >= 0.3 is 5.97 Å². The van der Waals surface area contributed by atoms with Crippen LogP contribution in [0.25, 0.3) is 11.1 Å². The Hall–Kier alpha value is -2.14. The van der Waals surface area contributed by atoms with Crippen molar-refractivity contribution in [1.29, 1.82) is 0 Å². The van der Waals surface area contributed by atoms with E-state index in [9.17, 15) is 9.59 Å². The highest BCUT2D eigenvalue weighted by atomic mass is 32.1. The lowest BCUT2D eigenvalue weighted by atomic mass is 10.1. The number of carbonyl (C=O) groups excluding carboxylic acids is 2. The zero-order valence-corrected chi connectivity index (χ0v) is 13.1. The Balaban J connectivity index is 2.14. The van der Waals surface area contributed by atoms with Crippen molar-refractivity contribution in [3.05, 3.63) is 46.2 Å². The molecule has 0 aliphatic carbocycles. The van der Waals surface area contributed by atoms with E-state index in [1.54, 1.807) is 14.1 Å². The molecule has 1 aromatic carbocycles. The Morgan fingerprint density at radius 2 is 1.81 bits per heavy atom. The van der Waals surface area contributed by atoms with Crippen molar-refractivity contribution in [2.24, 2.45) is 0 Å². The molecule has 0 bridgehead atoms. The van der Waals surface area contributed by atoms with Crippen LogP contribution in [0.15, 0.2) is 35.7 Å². The van der Waals surface area contributed by atoms with Crippen LogP contribution in [-0.2, 0) is 9.53 Å². The lowest BCUT2D eigenvalue weighted by Crippen LogP contribution is -2.27.